The Labute approximate surface area is 49.5 Å². The van der Waals surface area contributed by atoms with Crippen LogP contribution >= 0.6 is 0 Å². The van der Waals surface area contributed by atoms with Crippen molar-refractivity contribution in [2.24, 2.45) is 5.92 Å². The first kappa shape index (κ1) is 6.05. The second-order valence-corrected chi connectivity index (χ2v) is 2.46. The van der Waals surface area contributed by atoms with Gasteiger partial charge in [0.1, 0.15) is 0 Å². The van der Waals surface area contributed by atoms with E-state index in [1.54, 1.807) is 0 Å². The molecule has 0 radical (unpaired) electrons. The minimum atomic E-state index is -0.231. The van der Waals surface area contributed by atoms with Crippen molar-refractivity contribution in [2.45, 2.75) is 26.1 Å². The van der Waals surface area contributed by atoms with Crippen molar-refractivity contribution in [1.29, 1.82) is 0 Å². The van der Waals surface area contributed by atoms with Gasteiger partial charge in [0.05, 0.1) is 18.8 Å². The molecule has 1 unspecified atom stereocenters. The molecule has 1 N–H and O–H groups in total. The van der Waals surface area contributed by atoms with Crippen molar-refractivity contribution < 1.29 is 9.84 Å². The van der Waals surface area contributed by atoms with Crippen LogP contribution in [0.3, 0.4) is 0 Å². The van der Waals surface area contributed by atoms with Crippen LogP contribution in [0.2, 0.25) is 0 Å². The van der Waals surface area contributed by atoms with Gasteiger partial charge in [0, 0.05) is 5.92 Å². The van der Waals surface area contributed by atoms with Crippen LogP contribution in [-0.4, -0.2) is 23.9 Å². The van der Waals surface area contributed by atoms with Gasteiger partial charge in [0.15, 0.2) is 0 Å². The highest BCUT2D eigenvalue weighted by atomic mass is 16.5. The first-order chi connectivity index (χ1) is 3.72. The van der Waals surface area contributed by atoms with Crippen molar-refractivity contribution in [3.8, 4) is 0 Å². The van der Waals surface area contributed by atoms with Crippen LogP contribution in [0, 0.1) is 5.92 Å². The average molecular weight is 116 g/mol. The van der Waals surface area contributed by atoms with Crippen molar-refractivity contribution >= 4 is 0 Å². The van der Waals surface area contributed by atoms with E-state index in [0.29, 0.717) is 12.5 Å². The van der Waals surface area contributed by atoms with Gasteiger partial charge in [-0.3, -0.25) is 0 Å². The molecule has 8 heavy (non-hydrogen) atoms. The molecule has 0 spiro atoms. The molecule has 1 aliphatic heterocycles. The quantitative estimate of drug-likeness (QED) is 0.496. The Morgan fingerprint density at radius 1 is 1.50 bits per heavy atom. The van der Waals surface area contributed by atoms with Crippen LogP contribution in [-0.2, 0) is 4.74 Å². The number of aliphatic hydroxyl groups is 1. The van der Waals surface area contributed by atoms with Crippen molar-refractivity contribution in [3.63, 3.8) is 0 Å². The molecule has 1 saturated heterocycles. The number of hydrogen-bond donors (Lipinski definition) is 1. The molecular weight excluding hydrogens is 104 g/mol. The Hall–Kier alpha value is -0.0800. The van der Waals surface area contributed by atoms with E-state index in [-0.39, 0.29) is 12.2 Å². The van der Waals surface area contributed by atoms with Crippen LogP contribution in [0.25, 0.3) is 0 Å². The zero-order valence-corrected chi connectivity index (χ0v) is 5.29. The lowest BCUT2D eigenvalue weighted by atomic mass is 10.0. The third-order valence-corrected chi connectivity index (χ3v) is 1.88. The van der Waals surface area contributed by atoms with Gasteiger partial charge in [0.25, 0.3) is 0 Å². The first-order valence-corrected chi connectivity index (χ1v) is 3.01. The molecule has 2 nitrogen and oxygen atoms in total. The van der Waals surface area contributed by atoms with E-state index in [4.69, 9.17) is 9.84 Å². The van der Waals surface area contributed by atoms with Crippen LogP contribution in [0.5, 0.6) is 0 Å². The first-order valence-electron chi connectivity index (χ1n) is 3.01. The molecule has 0 amide bonds. The molecule has 0 bridgehead atoms. The predicted molar refractivity (Wildman–Crippen MR) is 30.6 cm³/mol. The second-order valence-electron chi connectivity index (χ2n) is 2.46. The monoisotopic (exact) mass is 116 g/mol. The lowest BCUT2D eigenvalue weighted by molar-refractivity contribution is 0.0966. The normalized spacial score (nSPS) is 47.6. The average Bonchev–Trinajstić information content (AvgIpc) is 1.98. The van der Waals surface area contributed by atoms with Crippen molar-refractivity contribution in [2.75, 3.05) is 6.61 Å². The standard InChI is InChI=1S/C6H12O2/c1-4-5(2)8-3-6(4)7/h4-7H,3H2,1-2H3/t4-,5+,6?/m1/s1. The zero-order chi connectivity index (χ0) is 6.15. The van der Waals surface area contributed by atoms with E-state index in [1.165, 1.54) is 0 Å². The third-order valence-electron chi connectivity index (χ3n) is 1.88. The Morgan fingerprint density at radius 3 is 2.25 bits per heavy atom. The van der Waals surface area contributed by atoms with Crippen LogP contribution in [0.15, 0.2) is 0 Å². The minimum absolute atomic E-state index is 0.231. The van der Waals surface area contributed by atoms with Crippen molar-refractivity contribution in [1.82, 2.24) is 0 Å². The smallest absolute Gasteiger partial charge is 0.0823 e. The Bertz CT molecular complexity index is 72.6. The van der Waals surface area contributed by atoms with E-state index >= 15 is 0 Å². The second kappa shape index (κ2) is 2.03. The molecule has 0 aromatic carbocycles. The Morgan fingerprint density at radius 2 is 2.12 bits per heavy atom. The molecule has 0 aromatic rings. The van der Waals surface area contributed by atoms with E-state index in [1.807, 2.05) is 13.8 Å². The zero-order valence-electron chi connectivity index (χ0n) is 5.29. The Kier molecular flexibility index (Phi) is 1.54. The lowest BCUT2D eigenvalue weighted by Crippen LogP contribution is -2.17. The third kappa shape index (κ3) is 0.858. The van der Waals surface area contributed by atoms with E-state index < -0.39 is 0 Å². The summed E-state index contributed by atoms with van der Waals surface area (Å²) in [4.78, 5) is 0. The largest absolute Gasteiger partial charge is 0.390 e. The fourth-order valence-electron chi connectivity index (χ4n) is 0.867. The van der Waals surface area contributed by atoms with E-state index in [0.717, 1.165) is 0 Å². The number of ether oxygens (including phenoxy) is 1. The van der Waals surface area contributed by atoms with E-state index in [2.05, 4.69) is 0 Å². The van der Waals surface area contributed by atoms with Crippen LogP contribution in [0.1, 0.15) is 13.8 Å². The van der Waals surface area contributed by atoms with Gasteiger partial charge in [-0.05, 0) is 6.92 Å². The van der Waals surface area contributed by atoms with Gasteiger partial charge < -0.3 is 9.84 Å². The van der Waals surface area contributed by atoms with Crippen LogP contribution in [0.4, 0.5) is 0 Å². The molecule has 0 aromatic heterocycles. The highest BCUT2D eigenvalue weighted by Gasteiger charge is 2.28. The summed E-state index contributed by atoms with van der Waals surface area (Å²) in [7, 11) is 0. The summed E-state index contributed by atoms with van der Waals surface area (Å²) in [5.74, 6) is 0.315. The fourth-order valence-corrected chi connectivity index (χ4v) is 0.867. The molecule has 48 valence electrons. The van der Waals surface area contributed by atoms with Gasteiger partial charge >= 0.3 is 0 Å². The summed E-state index contributed by atoms with van der Waals surface area (Å²) >= 11 is 0. The summed E-state index contributed by atoms with van der Waals surface area (Å²) in [5.41, 5.74) is 0. The Balaban J connectivity index is 2.44. The molecule has 0 saturated carbocycles. The molecule has 3 atom stereocenters. The number of rotatable bonds is 0. The minimum Gasteiger partial charge on any atom is -0.390 e. The highest BCUT2D eigenvalue weighted by molar-refractivity contribution is 4.76. The summed E-state index contributed by atoms with van der Waals surface area (Å²) in [6.07, 6.45) is 0.00926. The van der Waals surface area contributed by atoms with Gasteiger partial charge in [-0.15, -0.1) is 0 Å². The van der Waals surface area contributed by atoms with Crippen molar-refractivity contribution in [3.05, 3.63) is 0 Å². The lowest BCUT2D eigenvalue weighted by Gasteiger charge is -2.08. The summed E-state index contributed by atoms with van der Waals surface area (Å²) < 4.78 is 5.13. The molecule has 2 heteroatoms. The highest BCUT2D eigenvalue weighted by Crippen LogP contribution is 2.19. The maximum Gasteiger partial charge on any atom is 0.0823 e. The van der Waals surface area contributed by atoms with Gasteiger partial charge in [0.2, 0.25) is 0 Å². The van der Waals surface area contributed by atoms with Gasteiger partial charge in [-0.2, -0.15) is 0 Å². The van der Waals surface area contributed by atoms with Crippen LogP contribution < -0.4 is 0 Å². The fraction of sp³-hybridized carbons (Fsp3) is 1.00. The summed E-state index contributed by atoms with van der Waals surface area (Å²) in [6.45, 7) is 4.51. The molecule has 1 heterocycles. The topological polar surface area (TPSA) is 29.5 Å². The number of aliphatic hydroxyl groups excluding tert-OH is 1. The van der Waals surface area contributed by atoms with Gasteiger partial charge in [-0.25, -0.2) is 0 Å². The molecule has 1 aliphatic rings. The van der Waals surface area contributed by atoms with E-state index in [9.17, 15) is 0 Å². The maximum absolute atomic E-state index is 9.04. The van der Waals surface area contributed by atoms with Gasteiger partial charge in [-0.1, -0.05) is 6.92 Å². The molecular formula is C6H12O2. The summed E-state index contributed by atoms with van der Waals surface area (Å²) in [5, 5.41) is 9.04. The SMILES string of the molecule is C[C@@H]1OCC(O)[C@@H]1C. The number of hydrogen-bond acceptors (Lipinski definition) is 2. The molecule has 1 fully saturated rings. The summed E-state index contributed by atoms with van der Waals surface area (Å²) in [6, 6.07) is 0. The molecule has 1 rings (SSSR count). The maximum atomic E-state index is 9.04. The molecule has 0 aliphatic carbocycles. The predicted octanol–water partition coefficient (Wildman–Crippen LogP) is 0.402.